The van der Waals surface area contributed by atoms with Crippen molar-refractivity contribution in [3.8, 4) is 0 Å². The van der Waals surface area contributed by atoms with E-state index >= 15 is 0 Å². The molecule has 1 aliphatic rings. The summed E-state index contributed by atoms with van der Waals surface area (Å²) in [4.78, 5) is 0. The van der Waals surface area contributed by atoms with Crippen LogP contribution in [-0.2, 0) is 7.05 Å². The second kappa shape index (κ2) is 3.91. The van der Waals surface area contributed by atoms with Gasteiger partial charge < -0.3 is 5.11 Å². The maximum atomic E-state index is 10.4. The molecule has 0 amide bonds. The first-order valence-electron chi connectivity index (χ1n) is 5.40. The number of aryl methyl sites for hydroxylation is 1. The van der Waals surface area contributed by atoms with Crippen LogP contribution in [0.4, 0.5) is 0 Å². The first-order valence-corrected chi connectivity index (χ1v) is 6.19. The summed E-state index contributed by atoms with van der Waals surface area (Å²) in [6.07, 6.45) is 5.99. The fraction of sp³-hybridized carbons (Fsp3) is 0.727. The average molecular weight is 273 g/mol. The van der Waals surface area contributed by atoms with Crippen molar-refractivity contribution in [1.82, 2.24) is 9.78 Å². The fourth-order valence-corrected chi connectivity index (χ4v) is 3.08. The predicted octanol–water partition coefficient (Wildman–Crippen LogP) is 2.80. The van der Waals surface area contributed by atoms with Crippen LogP contribution in [0.2, 0.25) is 0 Å². The van der Waals surface area contributed by atoms with Crippen molar-refractivity contribution in [2.24, 2.45) is 12.5 Å². The van der Waals surface area contributed by atoms with E-state index in [2.05, 4.69) is 28.0 Å². The summed E-state index contributed by atoms with van der Waals surface area (Å²) >= 11 is 3.45. The molecule has 1 unspecified atom stereocenters. The van der Waals surface area contributed by atoms with Gasteiger partial charge in [0.2, 0.25) is 0 Å². The zero-order valence-corrected chi connectivity index (χ0v) is 10.8. The quantitative estimate of drug-likeness (QED) is 0.899. The van der Waals surface area contributed by atoms with Gasteiger partial charge in [-0.3, -0.25) is 4.68 Å². The van der Waals surface area contributed by atoms with Crippen LogP contribution in [-0.4, -0.2) is 14.9 Å². The van der Waals surface area contributed by atoms with E-state index in [1.807, 2.05) is 7.05 Å². The van der Waals surface area contributed by atoms with Gasteiger partial charge in [0.1, 0.15) is 6.10 Å². The maximum Gasteiger partial charge on any atom is 0.102 e. The number of rotatable bonds is 2. The number of hydrogen-bond acceptors (Lipinski definition) is 2. The van der Waals surface area contributed by atoms with Gasteiger partial charge >= 0.3 is 0 Å². The summed E-state index contributed by atoms with van der Waals surface area (Å²) in [5.41, 5.74) is 0.926. The topological polar surface area (TPSA) is 38.0 Å². The van der Waals surface area contributed by atoms with Gasteiger partial charge in [-0.2, -0.15) is 5.10 Å². The second-order valence-corrected chi connectivity index (χ2v) is 5.62. The highest BCUT2D eigenvalue weighted by Crippen LogP contribution is 2.48. The van der Waals surface area contributed by atoms with Crippen LogP contribution in [0.3, 0.4) is 0 Å². The fourth-order valence-electron chi connectivity index (χ4n) is 2.51. The van der Waals surface area contributed by atoms with Gasteiger partial charge in [-0.1, -0.05) is 19.8 Å². The second-order valence-electron chi connectivity index (χ2n) is 4.77. The molecule has 0 saturated heterocycles. The van der Waals surface area contributed by atoms with Crippen LogP contribution < -0.4 is 0 Å². The van der Waals surface area contributed by atoms with E-state index in [0.717, 1.165) is 23.0 Å². The van der Waals surface area contributed by atoms with Gasteiger partial charge in [-0.25, -0.2) is 0 Å². The Hall–Kier alpha value is -0.350. The van der Waals surface area contributed by atoms with E-state index in [0.29, 0.717) is 0 Å². The summed E-state index contributed by atoms with van der Waals surface area (Å²) in [7, 11) is 1.88. The molecule has 3 nitrogen and oxygen atoms in total. The number of halogens is 1. The Labute approximate surface area is 98.6 Å². The third-order valence-electron chi connectivity index (χ3n) is 3.60. The lowest BCUT2D eigenvalue weighted by molar-refractivity contribution is 0.0337. The van der Waals surface area contributed by atoms with Gasteiger partial charge in [0.05, 0.1) is 16.4 Å². The summed E-state index contributed by atoms with van der Waals surface area (Å²) in [6.45, 7) is 2.17. The first-order chi connectivity index (χ1) is 7.04. The van der Waals surface area contributed by atoms with Crippen LogP contribution in [0.25, 0.3) is 0 Å². The molecule has 0 aromatic carbocycles. The molecule has 0 radical (unpaired) electrons. The smallest absolute Gasteiger partial charge is 0.102 e. The molecule has 1 atom stereocenters. The lowest BCUT2D eigenvalue weighted by Gasteiger charge is -2.30. The Morgan fingerprint density at radius 3 is 2.60 bits per heavy atom. The van der Waals surface area contributed by atoms with Crippen LogP contribution in [0.15, 0.2) is 10.7 Å². The highest BCUT2D eigenvalue weighted by molar-refractivity contribution is 9.10. The van der Waals surface area contributed by atoms with Crippen molar-refractivity contribution in [1.29, 1.82) is 0 Å². The lowest BCUT2D eigenvalue weighted by atomic mass is 9.81. The normalized spacial score (nSPS) is 21.9. The van der Waals surface area contributed by atoms with Gasteiger partial charge in [-0.15, -0.1) is 0 Å². The van der Waals surface area contributed by atoms with Gasteiger partial charge in [-0.05, 0) is 34.2 Å². The molecule has 1 saturated carbocycles. The van der Waals surface area contributed by atoms with Crippen LogP contribution in [0.5, 0.6) is 0 Å². The molecule has 1 aliphatic carbocycles. The minimum atomic E-state index is -0.415. The monoisotopic (exact) mass is 272 g/mol. The molecule has 4 heteroatoms. The third-order valence-corrected chi connectivity index (χ3v) is 4.21. The Morgan fingerprint density at radius 1 is 1.53 bits per heavy atom. The maximum absolute atomic E-state index is 10.4. The lowest BCUT2D eigenvalue weighted by Crippen LogP contribution is -2.24. The van der Waals surface area contributed by atoms with Crippen LogP contribution in [0.1, 0.15) is 44.4 Å². The van der Waals surface area contributed by atoms with Gasteiger partial charge in [0.15, 0.2) is 0 Å². The third kappa shape index (κ3) is 1.85. The Kier molecular flexibility index (Phi) is 2.90. The van der Waals surface area contributed by atoms with Gasteiger partial charge in [0.25, 0.3) is 0 Å². The molecule has 0 aliphatic heterocycles. The minimum absolute atomic E-state index is 0.0241. The van der Waals surface area contributed by atoms with Crippen molar-refractivity contribution in [3.63, 3.8) is 0 Å². The molecule has 0 spiro atoms. The van der Waals surface area contributed by atoms with Crippen LogP contribution in [0, 0.1) is 5.41 Å². The molecule has 1 aromatic heterocycles. The Balaban J connectivity index is 2.31. The van der Waals surface area contributed by atoms with E-state index in [4.69, 9.17) is 0 Å². The Bertz CT molecular complexity index is 336. The summed E-state index contributed by atoms with van der Waals surface area (Å²) in [6, 6.07) is 0. The number of aliphatic hydroxyl groups is 1. The summed E-state index contributed by atoms with van der Waals surface area (Å²) in [5.74, 6) is 0. The van der Waals surface area contributed by atoms with Crippen molar-refractivity contribution >= 4 is 15.9 Å². The number of nitrogens with zero attached hydrogens (tertiary/aromatic N) is 2. The number of hydrogen-bond donors (Lipinski definition) is 1. The van der Waals surface area contributed by atoms with Gasteiger partial charge in [0, 0.05) is 7.05 Å². The number of aromatic nitrogens is 2. The molecule has 1 fully saturated rings. The van der Waals surface area contributed by atoms with E-state index in [-0.39, 0.29) is 5.41 Å². The molecule has 1 heterocycles. The molecule has 1 N–H and O–H groups in total. The first kappa shape index (κ1) is 11.1. The van der Waals surface area contributed by atoms with Crippen molar-refractivity contribution < 1.29 is 5.11 Å². The van der Waals surface area contributed by atoms with Crippen molar-refractivity contribution in [2.45, 2.75) is 38.7 Å². The number of aliphatic hydroxyl groups excluding tert-OH is 1. The molecule has 1 aromatic rings. The summed E-state index contributed by atoms with van der Waals surface area (Å²) in [5, 5.41) is 14.6. The average Bonchev–Trinajstić information content (AvgIpc) is 2.75. The van der Waals surface area contributed by atoms with E-state index in [1.165, 1.54) is 12.8 Å². The minimum Gasteiger partial charge on any atom is -0.386 e. The largest absolute Gasteiger partial charge is 0.386 e. The zero-order chi connectivity index (χ0) is 11.1. The molecular weight excluding hydrogens is 256 g/mol. The molecule has 0 bridgehead atoms. The summed E-state index contributed by atoms with van der Waals surface area (Å²) < 4.78 is 2.67. The predicted molar refractivity (Wildman–Crippen MR) is 62.4 cm³/mol. The molecular formula is C11H17BrN2O. The highest BCUT2D eigenvalue weighted by Gasteiger charge is 2.39. The SMILES string of the molecule is Cn1ncc(Br)c1C(O)C1(C)CCCC1. The molecule has 15 heavy (non-hydrogen) atoms. The molecule has 2 rings (SSSR count). The highest BCUT2D eigenvalue weighted by atomic mass is 79.9. The zero-order valence-electron chi connectivity index (χ0n) is 9.20. The van der Waals surface area contributed by atoms with E-state index in [1.54, 1.807) is 10.9 Å². The van der Waals surface area contributed by atoms with Crippen molar-refractivity contribution in [2.75, 3.05) is 0 Å². The van der Waals surface area contributed by atoms with Crippen LogP contribution >= 0.6 is 15.9 Å². The van der Waals surface area contributed by atoms with Crippen molar-refractivity contribution in [3.05, 3.63) is 16.4 Å². The molecule has 84 valence electrons. The van der Waals surface area contributed by atoms with E-state index in [9.17, 15) is 5.11 Å². The Morgan fingerprint density at radius 2 is 2.13 bits per heavy atom. The standard InChI is InChI=1S/C11H17BrN2O/c1-11(5-3-4-6-11)10(15)9-8(12)7-13-14(9)2/h7,10,15H,3-6H2,1-2H3. The van der Waals surface area contributed by atoms with E-state index < -0.39 is 6.10 Å².